The van der Waals surface area contributed by atoms with Crippen LogP contribution in [0.1, 0.15) is 83.1 Å². The van der Waals surface area contributed by atoms with E-state index in [9.17, 15) is 0 Å². The molecular formula is C20H36P6Ti+2. The van der Waals surface area contributed by atoms with Crippen LogP contribution in [0.4, 0.5) is 0 Å². The fraction of sp³-hybridized carbons (Fsp3) is 0.800. The van der Waals surface area contributed by atoms with Crippen LogP contribution in [0.3, 0.4) is 0 Å². The molecule has 0 saturated carbocycles. The normalized spacial score (nSPS) is 27.1. The topological polar surface area (TPSA) is 0 Å². The van der Waals surface area contributed by atoms with Crippen LogP contribution in [-0.2, 0) is 21.7 Å². The van der Waals surface area contributed by atoms with Crippen molar-refractivity contribution in [1.29, 1.82) is 0 Å². The zero-order chi connectivity index (χ0) is 20.6. The van der Waals surface area contributed by atoms with E-state index in [2.05, 4.69) is 83.1 Å². The predicted octanol–water partition coefficient (Wildman–Crippen LogP) is 11.6. The summed E-state index contributed by atoms with van der Waals surface area (Å²) in [4.78, 5) is 0. The predicted molar refractivity (Wildman–Crippen MR) is 132 cm³/mol. The Morgan fingerprint density at radius 2 is 0.519 bits per heavy atom. The van der Waals surface area contributed by atoms with Gasteiger partial charge in [0.25, 0.3) is 0 Å². The van der Waals surface area contributed by atoms with E-state index in [4.69, 9.17) is 0 Å². The monoisotopic (exact) mass is 510 g/mol. The Morgan fingerprint density at radius 1 is 0.370 bits per heavy atom. The zero-order valence-electron chi connectivity index (χ0n) is 19.2. The first-order valence-corrected chi connectivity index (χ1v) is 16.0. The Labute approximate surface area is 197 Å². The molecule has 0 aliphatic carbocycles. The molecule has 0 N–H and O–H groups in total. The maximum absolute atomic E-state index is 2.32. The molecule has 0 aromatic heterocycles. The second-order valence-electron chi connectivity index (χ2n) is 10.9. The zero-order valence-corrected chi connectivity index (χ0v) is 26.1. The number of hydrogen-bond donors (Lipinski definition) is 0. The Hall–Kier alpha value is 3.29. The molecule has 27 heavy (non-hydrogen) atoms. The van der Waals surface area contributed by atoms with Gasteiger partial charge in [-0.05, 0) is 54.7 Å². The van der Waals surface area contributed by atoms with Crippen LogP contribution < -0.4 is 0 Å². The van der Waals surface area contributed by atoms with Gasteiger partial charge in [-0.25, -0.2) is 0 Å². The average molecular weight is 510 g/mol. The van der Waals surface area contributed by atoms with Gasteiger partial charge < -0.3 is 0 Å². The number of hydrogen-bond acceptors (Lipinski definition) is 0. The molecule has 2 saturated heterocycles. The van der Waals surface area contributed by atoms with Crippen molar-refractivity contribution in [3.05, 3.63) is 21.6 Å². The van der Waals surface area contributed by atoms with Crippen molar-refractivity contribution in [1.82, 2.24) is 0 Å². The summed E-state index contributed by atoms with van der Waals surface area (Å²) in [5, 5.41) is 6.72. The van der Waals surface area contributed by atoms with Crippen LogP contribution in [0.5, 0.6) is 0 Å². The van der Waals surface area contributed by atoms with E-state index in [1.807, 2.05) is 0 Å². The molecule has 2 aliphatic heterocycles. The summed E-state index contributed by atoms with van der Waals surface area (Å²) in [5.74, 6) is 0. The Balaban J connectivity index is 0.000000483. The van der Waals surface area contributed by atoms with Gasteiger partial charge in [0, 0.05) is 21.6 Å². The van der Waals surface area contributed by atoms with Crippen molar-refractivity contribution < 1.29 is 21.7 Å². The van der Waals surface area contributed by atoms with Gasteiger partial charge in [-0.15, -0.1) is 0 Å². The van der Waals surface area contributed by atoms with Crippen molar-refractivity contribution in [2.45, 2.75) is 83.1 Å². The second-order valence-corrected chi connectivity index (χ2v) is 19.6. The standard InChI is InChI=1S/2C10H18P3.Ti/c2*1-9(2,3)7-11-8(13-12-7)10(4,5)6;/h2*1-6H3;/q;;+2. The van der Waals surface area contributed by atoms with Crippen LogP contribution in [0.25, 0.3) is 0 Å². The van der Waals surface area contributed by atoms with Crippen LogP contribution in [0.2, 0.25) is 0 Å². The molecule has 2 aliphatic rings. The van der Waals surface area contributed by atoms with E-state index in [1.165, 1.54) is 50.2 Å². The fourth-order valence-electron chi connectivity index (χ4n) is 1.75. The SMILES string of the molecule is CC(C)(C)[C]1[P][P][C](C(C)(C)C)[P]1.CC(C)(C)[C]1[P][P][C](C(C)(C)C)[P]1.[Ti+2]. The summed E-state index contributed by atoms with van der Waals surface area (Å²) in [6.45, 7) is 27.9. The van der Waals surface area contributed by atoms with E-state index < -0.39 is 0 Å². The first-order valence-electron chi connectivity index (χ1n) is 9.19. The van der Waals surface area contributed by atoms with Gasteiger partial charge in [0.15, 0.2) is 0 Å². The third-order valence-electron chi connectivity index (χ3n) is 3.59. The van der Waals surface area contributed by atoms with Crippen LogP contribution in [-0.4, -0.2) is 0 Å². The van der Waals surface area contributed by atoms with Gasteiger partial charge in [0.2, 0.25) is 0 Å². The molecule has 0 aromatic rings. The summed E-state index contributed by atoms with van der Waals surface area (Å²) in [7, 11) is 9.17. The van der Waals surface area contributed by atoms with Crippen molar-refractivity contribution in [3.8, 4) is 0 Å². The largest absolute Gasteiger partial charge is 2.00 e. The minimum Gasteiger partial charge on any atom is -0.0589 e. The second kappa shape index (κ2) is 11.4. The van der Waals surface area contributed by atoms with E-state index in [0.29, 0.717) is 21.7 Å². The minimum atomic E-state index is 0. The number of rotatable bonds is 0. The molecule has 2 rings (SSSR count). The van der Waals surface area contributed by atoms with Crippen LogP contribution in [0.15, 0.2) is 0 Å². The molecule has 148 valence electrons. The van der Waals surface area contributed by atoms with Gasteiger partial charge in [-0.3, -0.25) is 0 Å². The summed E-state index contributed by atoms with van der Waals surface area (Å²) in [6, 6.07) is 0. The first kappa shape index (κ1) is 30.3. The summed E-state index contributed by atoms with van der Waals surface area (Å²) in [5.41, 5.74) is 1.57. The average Bonchev–Trinajstić information content (AvgIpc) is 3.06. The molecular weight excluding hydrogens is 474 g/mol. The van der Waals surface area contributed by atoms with Gasteiger partial charge in [-0.1, -0.05) is 100 Å². The smallest absolute Gasteiger partial charge is 0.0589 e. The van der Waals surface area contributed by atoms with Gasteiger partial charge in [0.1, 0.15) is 0 Å². The molecule has 0 bridgehead atoms. The molecule has 0 unspecified atom stereocenters. The summed E-state index contributed by atoms with van der Waals surface area (Å²) < 4.78 is 0. The Morgan fingerprint density at radius 3 is 0.593 bits per heavy atom. The Bertz CT molecular complexity index is 359. The van der Waals surface area contributed by atoms with Crippen LogP contribution in [0, 0.1) is 43.3 Å². The van der Waals surface area contributed by atoms with Crippen molar-refractivity contribution in [3.63, 3.8) is 0 Å². The third kappa shape index (κ3) is 10.6. The molecule has 0 nitrogen and oxygen atoms in total. The molecule has 10 radical (unpaired) electrons. The Kier molecular flexibility index (Phi) is 12.8. The maximum atomic E-state index is 2.32. The van der Waals surface area contributed by atoms with Crippen molar-refractivity contribution in [2.24, 2.45) is 21.7 Å². The van der Waals surface area contributed by atoms with Gasteiger partial charge in [-0.2, -0.15) is 0 Å². The summed E-state index contributed by atoms with van der Waals surface area (Å²) >= 11 is 0. The van der Waals surface area contributed by atoms with Gasteiger partial charge >= 0.3 is 21.7 Å². The molecule has 0 aromatic carbocycles. The fourth-order valence-corrected chi connectivity index (χ4v) is 15.4. The van der Waals surface area contributed by atoms with E-state index in [-0.39, 0.29) is 21.7 Å². The van der Waals surface area contributed by atoms with Crippen molar-refractivity contribution in [2.75, 3.05) is 0 Å². The van der Waals surface area contributed by atoms with E-state index >= 15 is 0 Å². The van der Waals surface area contributed by atoms with E-state index in [1.54, 1.807) is 21.6 Å². The maximum Gasteiger partial charge on any atom is 2.00 e. The minimum absolute atomic E-state index is 0. The first-order chi connectivity index (χ1) is 11.4. The molecule has 2 heterocycles. The quantitative estimate of drug-likeness (QED) is 0.225. The molecule has 0 atom stereocenters. The third-order valence-corrected chi connectivity index (χ3v) is 18.1. The van der Waals surface area contributed by atoms with Gasteiger partial charge in [0.05, 0.1) is 0 Å². The molecule has 2 fully saturated rings. The van der Waals surface area contributed by atoms with Crippen LogP contribution >= 0.6 is 50.2 Å². The van der Waals surface area contributed by atoms with E-state index in [0.717, 1.165) is 0 Å². The van der Waals surface area contributed by atoms with Crippen molar-refractivity contribution >= 4 is 50.2 Å². The summed E-state index contributed by atoms with van der Waals surface area (Å²) in [6.07, 6.45) is 0. The molecule has 0 amide bonds. The molecule has 7 heteroatoms. The molecule has 0 spiro atoms.